The zero-order chi connectivity index (χ0) is 16.9. The Morgan fingerprint density at radius 2 is 1.65 bits per heavy atom. The van der Waals surface area contributed by atoms with Gasteiger partial charge in [-0.25, -0.2) is 4.39 Å². The van der Waals surface area contributed by atoms with Crippen molar-refractivity contribution < 1.29 is 9.18 Å². The van der Waals surface area contributed by atoms with Crippen LogP contribution in [0.15, 0.2) is 54.6 Å². The lowest BCUT2D eigenvalue weighted by molar-refractivity contribution is -0.122. The second-order valence-corrected chi connectivity index (χ2v) is 6.82. The quantitative estimate of drug-likeness (QED) is 0.855. The van der Waals surface area contributed by atoms with E-state index < -0.39 is 0 Å². The molecule has 0 radical (unpaired) electrons. The second kappa shape index (κ2) is 7.40. The van der Waals surface area contributed by atoms with Gasteiger partial charge in [0.2, 0.25) is 5.91 Å². The molecule has 1 amide bonds. The molecule has 122 valence electrons. The number of carbonyl (C=O) groups excluding carboxylic acids is 1. The first-order chi connectivity index (χ1) is 10.9. The highest BCUT2D eigenvalue weighted by Crippen LogP contribution is 2.30. The summed E-state index contributed by atoms with van der Waals surface area (Å²) in [5.74, 6) is -0.351. The van der Waals surface area contributed by atoms with Gasteiger partial charge in [0.15, 0.2) is 0 Å². The Bertz CT molecular complexity index is 646. The molecule has 2 aromatic rings. The van der Waals surface area contributed by atoms with Gasteiger partial charge < -0.3 is 5.32 Å². The van der Waals surface area contributed by atoms with Crippen LogP contribution in [0, 0.1) is 5.82 Å². The normalized spacial score (nSPS) is 12.7. The summed E-state index contributed by atoms with van der Waals surface area (Å²) in [7, 11) is 0. The molecule has 1 atom stereocenters. The topological polar surface area (TPSA) is 29.1 Å². The number of nitrogens with one attached hydrogen (secondary N) is 1. The highest BCUT2D eigenvalue weighted by atomic mass is 19.1. The average Bonchev–Trinajstić information content (AvgIpc) is 2.48. The Labute approximate surface area is 137 Å². The third-order valence-electron chi connectivity index (χ3n) is 3.66. The molecule has 3 heteroatoms. The van der Waals surface area contributed by atoms with Gasteiger partial charge in [0.1, 0.15) is 5.82 Å². The molecule has 23 heavy (non-hydrogen) atoms. The van der Waals surface area contributed by atoms with Crippen molar-refractivity contribution in [2.24, 2.45) is 0 Å². The lowest BCUT2D eigenvalue weighted by Crippen LogP contribution is -2.40. The lowest BCUT2D eigenvalue weighted by atomic mass is 9.87. The maximum absolute atomic E-state index is 14.2. The number of rotatable bonds is 5. The van der Waals surface area contributed by atoms with Crippen molar-refractivity contribution in [1.82, 2.24) is 5.32 Å². The summed E-state index contributed by atoms with van der Waals surface area (Å²) >= 11 is 0. The van der Waals surface area contributed by atoms with Crippen LogP contribution in [0.4, 0.5) is 4.39 Å². The molecule has 0 aromatic heterocycles. The van der Waals surface area contributed by atoms with Crippen molar-refractivity contribution in [2.75, 3.05) is 0 Å². The minimum atomic E-state index is -0.253. The van der Waals surface area contributed by atoms with E-state index in [4.69, 9.17) is 0 Å². The zero-order valence-electron chi connectivity index (χ0n) is 14.0. The van der Waals surface area contributed by atoms with E-state index in [1.165, 1.54) is 6.07 Å². The van der Waals surface area contributed by atoms with Crippen LogP contribution in [-0.4, -0.2) is 11.4 Å². The van der Waals surface area contributed by atoms with E-state index in [1.807, 2.05) is 57.2 Å². The summed E-state index contributed by atoms with van der Waals surface area (Å²) in [5.41, 5.74) is 1.42. The predicted molar refractivity (Wildman–Crippen MR) is 91.8 cm³/mol. The number of benzene rings is 2. The van der Waals surface area contributed by atoms with Gasteiger partial charge in [-0.3, -0.25) is 4.79 Å². The van der Waals surface area contributed by atoms with Crippen molar-refractivity contribution in [2.45, 2.75) is 45.1 Å². The molecule has 0 spiro atoms. The number of carbonyl (C=O) groups is 1. The standard InChI is InChI=1S/C20H24FNO/c1-20(2,3)22-19(23)14-13-16(15-9-5-4-6-10-15)17-11-7-8-12-18(17)21/h4-12,16H,13-14H2,1-3H3,(H,22,23)/t16-/m1/s1. The van der Waals surface area contributed by atoms with Gasteiger partial charge in [0, 0.05) is 17.9 Å². The van der Waals surface area contributed by atoms with Gasteiger partial charge in [-0.2, -0.15) is 0 Å². The summed E-state index contributed by atoms with van der Waals surface area (Å²) in [6.07, 6.45) is 0.942. The molecule has 0 saturated carbocycles. The Morgan fingerprint density at radius 3 is 2.26 bits per heavy atom. The molecule has 0 aliphatic heterocycles. The van der Waals surface area contributed by atoms with Crippen molar-refractivity contribution in [3.8, 4) is 0 Å². The van der Waals surface area contributed by atoms with E-state index in [9.17, 15) is 9.18 Å². The van der Waals surface area contributed by atoms with Crippen LogP contribution < -0.4 is 5.32 Å². The smallest absolute Gasteiger partial charge is 0.220 e. The van der Waals surface area contributed by atoms with E-state index in [2.05, 4.69) is 5.32 Å². The molecular weight excluding hydrogens is 289 g/mol. The Morgan fingerprint density at radius 1 is 1.04 bits per heavy atom. The Balaban J connectivity index is 2.19. The molecule has 0 heterocycles. The first-order valence-electron chi connectivity index (χ1n) is 7.97. The predicted octanol–water partition coefficient (Wildman–Crippen LogP) is 4.65. The van der Waals surface area contributed by atoms with Crippen LogP contribution in [0.2, 0.25) is 0 Å². The molecule has 2 aromatic carbocycles. The first kappa shape index (κ1) is 17.2. The average molecular weight is 313 g/mol. The molecule has 0 saturated heterocycles. The van der Waals surface area contributed by atoms with Gasteiger partial charge in [0.25, 0.3) is 0 Å². The van der Waals surface area contributed by atoms with Gasteiger partial charge >= 0.3 is 0 Å². The fourth-order valence-corrected chi connectivity index (χ4v) is 2.70. The molecule has 0 aliphatic carbocycles. The van der Waals surface area contributed by atoms with E-state index in [1.54, 1.807) is 12.1 Å². The summed E-state index contributed by atoms with van der Waals surface area (Å²) in [4.78, 5) is 12.1. The van der Waals surface area contributed by atoms with Gasteiger partial charge in [-0.05, 0) is 44.4 Å². The van der Waals surface area contributed by atoms with Gasteiger partial charge in [-0.15, -0.1) is 0 Å². The highest BCUT2D eigenvalue weighted by molar-refractivity contribution is 5.76. The number of halogens is 1. The number of hydrogen-bond acceptors (Lipinski definition) is 1. The van der Waals surface area contributed by atoms with Gasteiger partial charge in [-0.1, -0.05) is 48.5 Å². The maximum atomic E-state index is 14.2. The third kappa shape index (κ3) is 5.20. The molecule has 2 rings (SSSR count). The molecular formula is C20H24FNO. The van der Waals surface area contributed by atoms with Crippen molar-refractivity contribution >= 4 is 5.91 Å². The minimum absolute atomic E-state index is 0.00484. The monoisotopic (exact) mass is 313 g/mol. The third-order valence-corrected chi connectivity index (χ3v) is 3.66. The Hall–Kier alpha value is -2.16. The molecule has 2 nitrogen and oxygen atoms in total. The maximum Gasteiger partial charge on any atom is 0.220 e. The number of hydrogen-bond donors (Lipinski definition) is 1. The largest absolute Gasteiger partial charge is 0.352 e. The molecule has 0 unspecified atom stereocenters. The van der Waals surface area contributed by atoms with Crippen LogP contribution in [0.3, 0.4) is 0 Å². The first-order valence-corrected chi connectivity index (χ1v) is 7.97. The molecule has 0 bridgehead atoms. The van der Waals surface area contributed by atoms with Crippen LogP contribution >= 0.6 is 0 Å². The minimum Gasteiger partial charge on any atom is -0.352 e. The SMILES string of the molecule is CC(C)(C)NC(=O)CC[C@H](c1ccccc1)c1ccccc1F. The van der Waals surface area contributed by atoms with Gasteiger partial charge in [0.05, 0.1) is 0 Å². The summed E-state index contributed by atoms with van der Waals surface area (Å²) in [6.45, 7) is 5.86. The zero-order valence-corrected chi connectivity index (χ0v) is 14.0. The van der Waals surface area contributed by atoms with E-state index in [0.29, 0.717) is 18.4 Å². The summed E-state index contributed by atoms with van der Waals surface area (Å²) in [6, 6.07) is 16.6. The highest BCUT2D eigenvalue weighted by Gasteiger charge is 2.20. The second-order valence-electron chi connectivity index (χ2n) is 6.82. The summed E-state index contributed by atoms with van der Waals surface area (Å²) in [5, 5.41) is 2.96. The van der Waals surface area contributed by atoms with Crippen molar-refractivity contribution in [3.05, 3.63) is 71.5 Å². The molecule has 0 fully saturated rings. The summed E-state index contributed by atoms with van der Waals surface area (Å²) < 4.78 is 14.2. The fraction of sp³-hybridized carbons (Fsp3) is 0.350. The molecule has 1 N–H and O–H groups in total. The lowest BCUT2D eigenvalue weighted by Gasteiger charge is -2.22. The Kier molecular flexibility index (Phi) is 5.54. The van der Waals surface area contributed by atoms with Crippen LogP contribution in [-0.2, 0) is 4.79 Å². The van der Waals surface area contributed by atoms with Crippen LogP contribution in [0.25, 0.3) is 0 Å². The van der Waals surface area contributed by atoms with Crippen molar-refractivity contribution in [3.63, 3.8) is 0 Å². The molecule has 0 aliphatic rings. The van der Waals surface area contributed by atoms with Crippen LogP contribution in [0.1, 0.15) is 50.7 Å². The van der Waals surface area contributed by atoms with Crippen LogP contribution in [0.5, 0.6) is 0 Å². The number of amides is 1. The van der Waals surface area contributed by atoms with E-state index in [0.717, 1.165) is 5.56 Å². The fourth-order valence-electron chi connectivity index (χ4n) is 2.70. The van der Waals surface area contributed by atoms with Crippen molar-refractivity contribution in [1.29, 1.82) is 0 Å². The van der Waals surface area contributed by atoms with E-state index in [-0.39, 0.29) is 23.2 Å². The van der Waals surface area contributed by atoms with E-state index >= 15 is 0 Å².